The molecule has 3 atom stereocenters. The topological polar surface area (TPSA) is 29.5 Å². The summed E-state index contributed by atoms with van der Waals surface area (Å²) in [5.41, 5.74) is 0.680. The summed E-state index contributed by atoms with van der Waals surface area (Å²) in [6.07, 6.45) is 1.21. The lowest BCUT2D eigenvalue weighted by Crippen LogP contribution is -2.27. The summed E-state index contributed by atoms with van der Waals surface area (Å²) < 4.78 is 4.97. The first-order chi connectivity index (χ1) is 6.72. The van der Waals surface area contributed by atoms with Crippen LogP contribution in [0.25, 0.3) is 0 Å². The Balaban J connectivity index is 1.96. The Kier molecular flexibility index (Phi) is 2.59. The van der Waals surface area contributed by atoms with Gasteiger partial charge in [0.15, 0.2) is 0 Å². The number of nitrogens with zero attached hydrogens (tertiary/aromatic N) is 1. The van der Waals surface area contributed by atoms with Gasteiger partial charge in [-0.1, -0.05) is 6.58 Å². The van der Waals surface area contributed by atoms with E-state index >= 15 is 0 Å². The van der Waals surface area contributed by atoms with E-state index in [9.17, 15) is 4.79 Å². The van der Waals surface area contributed by atoms with Gasteiger partial charge in [-0.3, -0.25) is 0 Å². The minimum absolute atomic E-state index is 0.203. The molecule has 0 aromatic heterocycles. The van der Waals surface area contributed by atoms with Gasteiger partial charge in [0.2, 0.25) is 0 Å². The van der Waals surface area contributed by atoms with Crippen molar-refractivity contribution in [1.82, 2.24) is 4.90 Å². The van der Waals surface area contributed by atoms with Crippen molar-refractivity contribution in [1.29, 1.82) is 0 Å². The van der Waals surface area contributed by atoms with Crippen LogP contribution in [-0.4, -0.2) is 37.1 Å². The van der Waals surface area contributed by atoms with Gasteiger partial charge in [0.1, 0.15) is 0 Å². The zero-order valence-electron chi connectivity index (χ0n) is 8.66. The quantitative estimate of drug-likeness (QED) is 0.498. The van der Waals surface area contributed by atoms with E-state index in [1.165, 1.54) is 13.0 Å². The number of hydrogen-bond acceptors (Lipinski definition) is 3. The van der Waals surface area contributed by atoms with Crippen LogP contribution in [0.1, 0.15) is 13.3 Å². The first kappa shape index (κ1) is 9.71. The molecule has 2 heterocycles. The second-order valence-electron chi connectivity index (χ2n) is 4.16. The highest BCUT2D eigenvalue weighted by Crippen LogP contribution is 2.36. The average molecular weight is 195 g/mol. The SMILES string of the molecule is C=C(C(=O)OCC)[C@@H]1CN2CCC1C2. The van der Waals surface area contributed by atoms with Gasteiger partial charge in [-0.05, 0) is 25.8 Å². The van der Waals surface area contributed by atoms with E-state index in [1.807, 2.05) is 6.92 Å². The highest BCUT2D eigenvalue weighted by molar-refractivity contribution is 5.88. The van der Waals surface area contributed by atoms with E-state index in [0.29, 0.717) is 24.0 Å². The third-order valence-electron chi connectivity index (χ3n) is 3.32. The van der Waals surface area contributed by atoms with Crippen LogP contribution in [-0.2, 0) is 9.53 Å². The van der Waals surface area contributed by atoms with Crippen molar-refractivity contribution in [2.45, 2.75) is 13.3 Å². The molecule has 78 valence electrons. The summed E-state index contributed by atoms with van der Waals surface area (Å²) in [4.78, 5) is 13.9. The minimum Gasteiger partial charge on any atom is -0.463 e. The Hall–Kier alpha value is -0.830. The maximum Gasteiger partial charge on any atom is 0.333 e. The van der Waals surface area contributed by atoms with Crippen molar-refractivity contribution in [2.24, 2.45) is 11.8 Å². The fourth-order valence-electron chi connectivity index (χ4n) is 2.55. The fourth-order valence-corrected chi connectivity index (χ4v) is 2.55. The van der Waals surface area contributed by atoms with Gasteiger partial charge >= 0.3 is 5.97 Å². The van der Waals surface area contributed by atoms with Gasteiger partial charge in [0.25, 0.3) is 0 Å². The normalized spacial score (nSPS) is 34.5. The van der Waals surface area contributed by atoms with Gasteiger partial charge in [-0.15, -0.1) is 0 Å². The van der Waals surface area contributed by atoms with Crippen molar-refractivity contribution < 1.29 is 9.53 Å². The van der Waals surface area contributed by atoms with Crippen LogP contribution in [0.3, 0.4) is 0 Å². The molecule has 2 bridgehead atoms. The Bertz CT molecular complexity index is 262. The summed E-state index contributed by atoms with van der Waals surface area (Å²) in [5.74, 6) is 0.793. The van der Waals surface area contributed by atoms with Crippen LogP contribution < -0.4 is 0 Å². The highest BCUT2D eigenvalue weighted by atomic mass is 16.5. The molecule has 2 unspecified atom stereocenters. The maximum atomic E-state index is 11.5. The maximum absolute atomic E-state index is 11.5. The summed E-state index contributed by atoms with van der Waals surface area (Å²) in [7, 11) is 0. The van der Waals surface area contributed by atoms with Crippen molar-refractivity contribution in [3.8, 4) is 0 Å². The summed E-state index contributed by atoms with van der Waals surface area (Å²) in [6, 6.07) is 0. The Labute approximate surface area is 84.7 Å². The molecule has 0 amide bonds. The first-order valence-corrected chi connectivity index (χ1v) is 5.30. The summed E-state index contributed by atoms with van der Waals surface area (Å²) in [6.45, 7) is 9.48. The summed E-state index contributed by atoms with van der Waals surface area (Å²) in [5, 5.41) is 0. The highest BCUT2D eigenvalue weighted by Gasteiger charge is 2.40. The molecule has 3 nitrogen and oxygen atoms in total. The smallest absolute Gasteiger partial charge is 0.333 e. The number of carbonyl (C=O) groups excluding carboxylic acids is 1. The molecule has 2 aliphatic rings. The predicted molar refractivity (Wildman–Crippen MR) is 53.8 cm³/mol. The molecular weight excluding hydrogens is 178 g/mol. The molecule has 0 N–H and O–H groups in total. The number of piperidine rings is 1. The molecule has 0 radical (unpaired) electrons. The molecule has 2 rings (SSSR count). The van der Waals surface area contributed by atoms with Gasteiger partial charge in [-0.2, -0.15) is 0 Å². The molecule has 2 aliphatic heterocycles. The Morgan fingerprint density at radius 1 is 1.57 bits per heavy atom. The van der Waals surface area contributed by atoms with Crippen LogP contribution in [0.5, 0.6) is 0 Å². The van der Waals surface area contributed by atoms with Gasteiger partial charge in [-0.25, -0.2) is 4.79 Å². The zero-order chi connectivity index (χ0) is 10.1. The average Bonchev–Trinajstić information content (AvgIpc) is 2.77. The van der Waals surface area contributed by atoms with Crippen molar-refractivity contribution >= 4 is 5.97 Å². The molecule has 14 heavy (non-hydrogen) atoms. The largest absolute Gasteiger partial charge is 0.463 e. The van der Waals surface area contributed by atoms with Crippen LogP contribution in [0.4, 0.5) is 0 Å². The van der Waals surface area contributed by atoms with Crippen molar-refractivity contribution in [3.05, 3.63) is 12.2 Å². The molecule has 0 aromatic carbocycles. The Morgan fingerprint density at radius 2 is 2.36 bits per heavy atom. The lowest BCUT2D eigenvalue weighted by Gasteiger charge is -2.22. The van der Waals surface area contributed by atoms with E-state index < -0.39 is 0 Å². The van der Waals surface area contributed by atoms with Gasteiger partial charge in [0, 0.05) is 24.6 Å². The van der Waals surface area contributed by atoms with E-state index in [2.05, 4.69) is 11.5 Å². The monoisotopic (exact) mass is 195 g/mol. The molecule has 2 fully saturated rings. The standard InChI is InChI=1S/C11H17NO2/c1-3-14-11(13)8(2)10-7-12-5-4-9(10)6-12/h9-10H,2-7H2,1H3/t9?,10-/m0/s1. The van der Waals surface area contributed by atoms with E-state index in [-0.39, 0.29) is 5.97 Å². The number of rotatable bonds is 3. The van der Waals surface area contributed by atoms with Crippen LogP contribution in [0.15, 0.2) is 12.2 Å². The lowest BCUT2D eigenvalue weighted by molar-refractivity contribution is -0.139. The van der Waals surface area contributed by atoms with Crippen LogP contribution >= 0.6 is 0 Å². The zero-order valence-corrected chi connectivity index (χ0v) is 8.66. The third kappa shape index (κ3) is 1.57. The number of carbonyl (C=O) groups is 1. The van der Waals surface area contributed by atoms with Crippen molar-refractivity contribution in [2.75, 3.05) is 26.2 Å². The summed E-state index contributed by atoms with van der Waals surface area (Å²) >= 11 is 0. The van der Waals surface area contributed by atoms with E-state index in [0.717, 1.165) is 13.1 Å². The third-order valence-corrected chi connectivity index (χ3v) is 3.32. The first-order valence-electron chi connectivity index (χ1n) is 5.30. The van der Waals surface area contributed by atoms with Gasteiger partial charge in [0.05, 0.1) is 6.61 Å². The molecule has 2 saturated heterocycles. The minimum atomic E-state index is -0.203. The number of fused-ring (bicyclic) bond motifs is 2. The number of esters is 1. The van der Waals surface area contributed by atoms with Crippen LogP contribution in [0, 0.1) is 11.8 Å². The lowest BCUT2D eigenvalue weighted by atomic mass is 9.87. The molecule has 0 spiro atoms. The van der Waals surface area contributed by atoms with Gasteiger partial charge < -0.3 is 9.64 Å². The number of ether oxygens (including phenoxy) is 1. The molecule has 0 saturated carbocycles. The molecule has 0 aliphatic carbocycles. The predicted octanol–water partition coefficient (Wildman–Crippen LogP) is 1.06. The van der Waals surface area contributed by atoms with Crippen LogP contribution in [0.2, 0.25) is 0 Å². The Morgan fingerprint density at radius 3 is 2.86 bits per heavy atom. The van der Waals surface area contributed by atoms with E-state index in [1.54, 1.807) is 0 Å². The fraction of sp³-hybridized carbons (Fsp3) is 0.727. The second-order valence-corrected chi connectivity index (χ2v) is 4.16. The molecule has 0 aromatic rings. The second kappa shape index (κ2) is 3.73. The van der Waals surface area contributed by atoms with E-state index in [4.69, 9.17) is 4.74 Å². The molecular formula is C11H17NO2. The number of hydrogen-bond donors (Lipinski definition) is 0. The molecule has 3 heteroatoms. The van der Waals surface area contributed by atoms with Crippen molar-refractivity contribution in [3.63, 3.8) is 0 Å².